The third kappa shape index (κ3) is 3.43. The Morgan fingerprint density at radius 1 is 1.56 bits per heavy atom. The number of aromatic hydroxyl groups is 1. The number of hydrogen-bond acceptors (Lipinski definition) is 4. The topological polar surface area (TPSA) is 58.6 Å². The van der Waals surface area contributed by atoms with Crippen molar-refractivity contribution in [2.24, 2.45) is 0 Å². The number of benzene rings is 1. The number of phenols is 1. The zero-order valence-corrected chi connectivity index (χ0v) is 10.7. The molecule has 0 fully saturated rings. The van der Waals surface area contributed by atoms with Gasteiger partial charge in [-0.05, 0) is 31.5 Å². The van der Waals surface area contributed by atoms with E-state index in [-0.39, 0.29) is 17.4 Å². The molecule has 0 radical (unpaired) electrons. The van der Waals surface area contributed by atoms with Crippen LogP contribution in [0.3, 0.4) is 0 Å². The Kier molecular flexibility index (Phi) is 5.09. The van der Waals surface area contributed by atoms with Gasteiger partial charge in [0.05, 0.1) is 7.11 Å². The normalized spacial score (nSPS) is 14.0. The number of esters is 1. The van der Waals surface area contributed by atoms with Gasteiger partial charge in [-0.25, -0.2) is 9.18 Å². The molecule has 0 aliphatic carbocycles. The molecule has 0 spiro atoms. The van der Waals surface area contributed by atoms with Crippen molar-refractivity contribution in [1.29, 1.82) is 0 Å². The van der Waals surface area contributed by atoms with Gasteiger partial charge in [0.15, 0.2) is 0 Å². The number of nitrogens with one attached hydrogen (secondary N) is 1. The second-order valence-corrected chi connectivity index (χ2v) is 4.14. The molecule has 0 aromatic heterocycles. The summed E-state index contributed by atoms with van der Waals surface area (Å²) in [6, 6.07) is 2.65. The maximum atomic E-state index is 13.2. The molecule has 2 N–H and O–H groups in total. The third-order valence-corrected chi connectivity index (χ3v) is 2.80. The first kappa shape index (κ1) is 14.4. The lowest BCUT2D eigenvalue weighted by Gasteiger charge is -2.21. The van der Waals surface area contributed by atoms with Gasteiger partial charge in [0.25, 0.3) is 0 Å². The van der Waals surface area contributed by atoms with E-state index in [4.69, 9.17) is 0 Å². The van der Waals surface area contributed by atoms with E-state index in [1.807, 2.05) is 13.8 Å². The summed E-state index contributed by atoms with van der Waals surface area (Å²) in [5, 5.41) is 12.7. The standard InChI is InChI=1S/C13H18FNO3/c1-4-8(2)15-12(13(17)18-3)10-7-9(14)5-6-11(10)16/h5-8,12,15-16H,4H2,1-3H3. The fourth-order valence-electron chi connectivity index (χ4n) is 1.56. The van der Waals surface area contributed by atoms with E-state index >= 15 is 0 Å². The molecule has 2 atom stereocenters. The molecule has 0 bridgehead atoms. The van der Waals surface area contributed by atoms with E-state index in [0.29, 0.717) is 0 Å². The van der Waals surface area contributed by atoms with Crippen molar-refractivity contribution in [3.8, 4) is 5.75 Å². The van der Waals surface area contributed by atoms with E-state index in [9.17, 15) is 14.3 Å². The van der Waals surface area contributed by atoms with Crippen molar-refractivity contribution in [2.75, 3.05) is 7.11 Å². The van der Waals surface area contributed by atoms with Gasteiger partial charge < -0.3 is 9.84 Å². The molecular weight excluding hydrogens is 237 g/mol. The number of ether oxygens (including phenoxy) is 1. The summed E-state index contributed by atoms with van der Waals surface area (Å²) in [6.45, 7) is 3.85. The first-order valence-corrected chi connectivity index (χ1v) is 5.81. The quantitative estimate of drug-likeness (QED) is 0.791. The van der Waals surface area contributed by atoms with Crippen LogP contribution in [0.2, 0.25) is 0 Å². The van der Waals surface area contributed by atoms with Gasteiger partial charge in [-0.15, -0.1) is 0 Å². The molecule has 1 aromatic carbocycles. The fraction of sp³-hybridized carbons (Fsp3) is 0.462. The molecule has 100 valence electrons. The summed E-state index contributed by atoms with van der Waals surface area (Å²) in [4.78, 5) is 11.7. The van der Waals surface area contributed by atoms with E-state index in [1.165, 1.54) is 13.2 Å². The van der Waals surface area contributed by atoms with Crippen LogP contribution in [-0.2, 0) is 9.53 Å². The average molecular weight is 255 g/mol. The number of halogens is 1. The zero-order valence-electron chi connectivity index (χ0n) is 10.7. The van der Waals surface area contributed by atoms with Gasteiger partial charge in [-0.1, -0.05) is 6.92 Å². The van der Waals surface area contributed by atoms with Gasteiger partial charge >= 0.3 is 5.97 Å². The van der Waals surface area contributed by atoms with Gasteiger partial charge in [0.1, 0.15) is 17.6 Å². The third-order valence-electron chi connectivity index (χ3n) is 2.80. The highest BCUT2D eigenvalue weighted by molar-refractivity contribution is 5.78. The van der Waals surface area contributed by atoms with Gasteiger partial charge in [-0.3, -0.25) is 5.32 Å². The van der Waals surface area contributed by atoms with Gasteiger partial charge in [0, 0.05) is 11.6 Å². The van der Waals surface area contributed by atoms with Crippen molar-refractivity contribution in [3.63, 3.8) is 0 Å². The van der Waals surface area contributed by atoms with Crippen molar-refractivity contribution < 1.29 is 19.0 Å². The van der Waals surface area contributed by atoms with Crippen LogP contribution in [0, 0.1) is 5.82 Å². The Morgan fingerprint density at radius 2 is 2.22 bits per heavy atom. The summed E-state index contributed by atoms with van der Waals surface area (Å²) >= 11 is 0. The summed E-state index contributed by atoms with van der Waals surface area (Å²) in [6.07, 6.45) is 0.795. The zero-order chi connectivity index (χ0) is 13.7. The number of hydrogen-bond donors (Lipinski definition) is 2. The largest absolute Gasteiger partial charge is 0.508 e. The monoisotopic (exact) mass is 255 g/mol. The molecule has 0 amide bonds. The molecule has 0 aliphatic heterocycles. The maximum absolute atomic E-state index is 13.2. The van der Waals surface area contributed by atoms with Crippen LogP contribution in [0.15, 0.2) is 18.2 Å². The van der Waals surface area contributed by atoms with Crippen LogP contribution in [0.25, 0.3) is 0 Å². The molecule has 5 heteroatoms. The lowest BCUT2D eigenvalue weighted by molar-refractivity contribution is -0.143. The SMILES string of the molecule is CCC(C)NC(C(=O)OC)c1cc(F)ccc1O. The predicted octanol–water partition coefficient (Wildman–Crippen LogP) is 2.13. The van der Waals surface area contributed by atoms with Crippen molar-refractivity contribution >= 4 is 5.97 Å². The number of rotatable bonds is 5. The summed E-state index contributed by atoms with van der Waals surface area (Å²) in [7, 11) is 1.25. The molecule has 0 saturated heterocycles. The van der Waals surface area contributed by atoms with Crippen LogP contribution in [0.1, 0.15) is 31.9 Å². The highest BCUT2D eigenvalue weighted by Crippen LogP contribution is 2.26. The highest BCUT2D eigenvalue weighted by atomic mass is 19.1. The van der Waals surface area contributed by atoms with Crippen molar-refractivity contribution in [2.45, 2.75) is 32.4 Å². The number of phenolic OH excluding ortho intramolecular Hbond substituents is 1. The second-order valence-electron chi connectivity index (χ2n) is 4.14. The molecule has 4 nitrogen and oxygen atoms in total. The lowest BCUT2D eigenvalue weighted by atomic mass is 10.0. The Labute approximate surface area is 106 Å². The summed E-state index contributed by atoms with van der Waals surface area (Å²) in [5.41, 5.74) is 0.183. The van der Waals surface area contributed by atoms with Crippen LogP contribution >= 0.6 is 0 Å². The minimum absolute atomic E-state index is 0.0387. The fourth-order valence-corrected chi connectivity index (χ4v) is 1.56. The average Bonchev–Trinajstić information content (AvgIpc) is 2.37. The van der Waals surface area contributed by atoms with Crippen LogP contribution in [0.5, 0.6) is 5.75 Å². The molecule has 0 saturated carbocycles. The molecule has 1 rings (SSSR count). The Bertz CT molecular complexity index is 423. The van der Waals surface area contributed by atoms with Crippen molar-refractivity contribution in [1.82, 2.24) is 5.32 Å². The molecule has 0 aliphatic rings. The number of carbonyl (C=O) groups is 1. The van der Waals surface area contributed by atoms with E-state index < -0.39 is 17.8 Å². The van der Waals surface area contributed by atoms with Gasteiger partial charge in [-0.2, -0.15) is 0 Å². The van der Waals surface area contributed by atoms with Crippen LogP contribution in [-0.4, -0.2) is 24.2 Å². The lowest BCUT2D eigenvalue weighted by Crippen LogP contribution is -2.35. The van der Waals surface area contributed by atoms with Crippen LogP contribution in [0.4, 0.5) is 4.39 Å². The highest BCUT2D eigenvalue weighted by Gasteiger charge is 2.25. The smallest absolute Gasteiger partial charge is 0.327 e. The van der Waals surface area contributed by atoms with Gasteiger partial charge in [0.2, 0.25) is 0 Å². The van der Waals surface area contributed by atoms with E-state index in [2.05, 4.69) is 10.1 Å². The van der Waals surface area contributed by atoms with Crippen molar-refractivity contribution in [3.05, 3.63) is 29.6 Å². The molecule has 2 unspecified atom stereocenters. The molecule has 0 heterocycles. The van der Waals surface area contributed by atoms with E-state index in [1.54, 1.807) is 0 Å². The Balaban J connectivity index is 3.08. The predicted molar refractivity (Wildman–Crippen MR) is 65.7 cm³/mol. The van der Waals surface area contributed by atoms with Crippen LogP contribution < -0.4 is 5.32 Å². The second kappa shape index (κ2) is 6.35. The minimum atomic E-state index is -0.874. The maximum Gasteiger partial charge on any atom is 0.327 e. The Morgan fingerprint density at radius 3 is 2.78 bits per heavy atom. The molecule has 1 aromatic rings. The summed E-state index contributed by atoms with van der Waals surface area (Å²) in [5.74, 6) is -1.21. The first-order chi connectivity index (χ1) is 8.49. The first-order valence-electron chi connectivity index (χ1n) is 5.81. The molecule has 18 heavy (non-hydrogen) atoms. The molecular formula is C13H18FNO3. The number of carbonyl (C=O) groups excluding carboxylic acids is 1. The Hall–Kier alpha value is -1.62. The minimum Gasteiger partial charge on any atom is -0.508 e. The van der Waals surface area contributed by atoms with E-state index in [0.717, 1.165) is 18.6 Å². The number of methoxy groups -OCH3 is 1. The summed E-state index contributed by atoms with van der Waals surface area (Å²) < 4.78 is 17.9.